The topological polar surface area (TPSA) is 58.6 Å². The van der Waals surface area contributed by atoms with Crippen LogP contribution in [0.5, 0.6) is 0 Å². The molecule has 16 heavy (non-hydrogen) atoms. The molecule has 0 unspecified atom stereocenters. The Labute approximate surface area is 94.1 Å². The molecule has 88 valence electrons. The Balaban J connectivity index is 1.85. The van der Waals surface area contributed by atoms with E-state index in [1.807, 2.05) is 0 Å². The number of hydrogen-bond donors (Lipinski definition) is 1. The second-order valence-corrected chi connectivity index (χ2v) is 4.96. The number of carbonyl (C=O) groups excluding carboxylic acids is 2. The van der Waals surface area contributed by atoms with E-state index < -0.39 is 0 Å². The van der Waals surface area contributed by atoms with E-state index >= 15 is 0 Å². The number of nitrogens with zero attached hydrogens (tertiary/aromatic N) is 1. The number of ether oxygens (including phenoxy) is 1. The molecule has 2 heterocycles. The molecule has 0 atom stereocenters. The van der Waals surface area contributed by atoms with Crippen LogP contribution in [0, 0.1) is 5.41 Å². The van der Waals surface area contributed by atoms with Crippen LogP contribution >= 0.6 is 0 Å². The van der Waals surface area contributed by atoms with E-state index in [4.69, 9.17) is 4.74 Å². The highest BCUT2D eigenvalue weighted by molar-refractivity contribution is 6.00. The van der Waals surface area contributed by atoms with Crippen molar-refractivity contribution >= 4 is 11.9 Å². The lowest BCUT2D eigenvalue weighted by Gasteiger charge is -2.43. The molecule has 3 aliphatic rings. The molecular weight excluding hydrogens is 208 g/mol. The average molecular weight is 224 g/mol. The Hall–Kier alpha value is -1.10. The highest BCUT2D eigenvalue weighted by Gasteiger charge is 2.51. The predicted molar refractivity (Wildman–Crippen MR) is 55.8 cm³/mol. The lowest BCUT2D eigenvalue weighted by atomic mass is 9.77. The SMILES string of the molecule is O=C1NCC2(CCOCC2)C(=O)N1C1CC1. The molecule has 5 nitrogen and oxygen atoms in total. The molecule has 0 bridgehead atoms. The minimum atomic E-state index is -0.380. The summed E-state index contributed by atoms with van der Waals surface area (Å²) in [6.07, 6.45) is 3.39. The van der Waals surface area contributed by atoms with Crippen LogP contribution in [-0.2, 0) is 9.53 Å². The summed E-state index contributed by atoms with van der Waals surface area (Å²) < 4.78 is 5.30. The Morgan fingerprint density at radius 2 is 1.94 bits per heavy atom. The molecule has 1 saturated carbocycles. The molecule has 3 fully saturated rings. The van der Waals surface area contributed by atoms with Gasteiger partial charge in [-0.05, 0) is 25.7 Å². The summed E-state index contributed by atoms with van der Waals surface area (Å²) in [5, 5.41) is 2.86. The van der Waals surface area contributed by atoms with Gasteiger partial charge < -0.3 is 10.1 Å². The van der Waals surface area contributed by atoms with Crippen molar-refractivity contribution in [2.75, 3.05) is 19.8 Å². The monoisotopic (exact) mass is 224 g/mol. The van der Waals surface area contributed by atoms with Crippen molar-refractivity contribution in [3.05, 3.63) is 0 Å². The van der Waals surface area contributed by atoms with Crippen molar-refractivity contribution in [2.24, 2.45) is 5.41 Å². The number of imide groups is 1. The second-order valence-electron chi connectivity index (χ2n) is 4.96. The number of carbonyl (C=O) groups is 2. The van der Waals surface area contributed by atoms with E-state index in [0.717, 1.165) is 25.7 Å². The summed E-state index contributed by atoms with van der Waals surface area (Å²) in [6, 6.07) is -0.0443. The molecule has 3 amide bonds. The van der Waals surface area contributed by atoms with E-state index in [-0.39, 0.29) is 23.4 Å². The molecule has 2 saturated heterocycles. The molecule has 1 spiro atoms. The van der Waals surface area contributed by atoms with Gasteiger partial charge in [-0.3, -0.25) is 9.69 Å². The molecule has 2 aliphatic heterocycles. The number of rotatable bonds is 1. The minimum Gasteiger partial charge on any atom is -0.381 e. The zero-order valence-corrected chi connectivity index (χ0v) is 9.20. The van der Waals surface area contributed by atoms with E-state index in [1.54, 1.807) is 0 Å². The number of nitrogens with one attached hydrogen (secondary N) is 1. The van der Waals surface area contributed by atoms with E-state index in [2.05, 4.69) is 5.32 Å². The summed E-state index contributed by atoms with van der Waals surface area (Å²) in [6.45, 7) is 1.73. The van der Waals surface area contributed by atoms with E-state index in [0.29, 0.717) is 19.8 Å². The fourth-order valence-electron chi connectivity index (χ4n) is 2.57. The van der Waals surface area contributed by atoms with Crippen molar-refractivity contribution in [3.63, 3.8) is 0 Å². The largest absolute Gasteiger partial charge is 0.381 e. The number of hydrogen-bond acceptors (Lipinski definition) is 3. The molecule has 0 aromatic rings. The summed E-state index contributed by atoms with van der Waals surface area (Å²) >= 11 is 0. The molecule has 0 radical (unpaired) electrons. The van der Waals surface area contributed by atoms with Gasteiger partial charge in [-0.1, -0.05) is 0 Å². The van der Waals surface area contributed by atoms with E-state index in [1.165, 1.54) is 4.90 Å². The predicted octanol–water partition coefficient (Wildman–Crippen LogP) is 0.497. The van der Waals surface area contributed by atoms with Gasteiger partial charge in [0.15, 0.2) is 0 Å². The normalized spacial score (nSPS) is 29.4. The highest BCUT2D eigenvalue weighted by Crippen LogP contribution is 2.38. The van der Waals surface area contributed by atoms with Crippen LogP contribution < -0.4 is 5.32 Å². The van der Waals surface area contributed by atoms with Gasteiger partial charge in [0, 0.05) is 25.8 Å². The van der Waals surface area contributed by atoms with Crippen molar-refractivity contribution in [1.29, 1.82) is 0 Å². The summed E-state index contributed by atoms with van der Waals surface area (Å²) in [5.74, 6) is 0.0297. The first kappa shape index (κ1) is 10.1. The van der Waals surface area contributed by atoms with Crippen molar-refractivity contribution in [2.45, 2.75) is 31.7 Å². The highest BCUT2D eigenvalue weighted by atomic mass is 16.5. The average Bonchev–Trinajstić information content (AvgIpc) is 3.11. The van der Waals surface area contributed by atoms with Crippen molar-refractivity contribution in [3.8, 4) is 0 Å². The van der Waals surface area contributed by atoms with Gasteiger partial charge in [0.05, 0.1) is 5.41 Å². The maximum absolute atomic E-state index is 12.4. The summed E-state index contributed by atoms with van der Waals surface area (Å²) in [4.78, 5) is 25.5. The Morgan fingerprint density at radius 3 is 2.56 bits per heavy atom. The van der Waals surface area contributed by atoms with Gasteiger partial charge in [-0.25, -0.2) is 4.79 Å². The third kappa shape index (κ3) is 1.42. The molecule has 1 N–H and O–H groups in total. The second kappa shape index (κ2) is 3.45. The maximum Gasteiger partial charge on any atom is 0.324 e. The zero-order chi connectivity index (χ0) is 11.2. The molecule has 1 aliphatic carbocycles. The molecule has 3 rings (SSSR count). The van der Waals surface area contributed by atoms with Gasteiger partial charge in [0.25, 0.3) is 0 Å². The third-order valence-electron chi connectivity index (χ3n) is 3.83. The van der Waals surface area contributed by atoms with Crippen LogP contribution in [0.3, 0.4) is 0 Å². The summed E-state index contributed by atoms with van der Waals surface area (Å²) in [7, 11) is 0. The zero-order valence-electron chi connectivity index (χ0n) is 9.20. The first-order chi connectivity index (χ1) is 7.73. The first-order valence-corrected chi connectivity index (χ1v) is 5.92. The lowest BCUT2D eigenvalue weighted by molar-refractivity contribution is -0.147. The molecule has 0 aromatic heterocycles. The molecular formula is C11H16N2O3. The van der Waals surface area contributed by atoms with Crippen molar-refractivity contribution in [1.82, 2.24) is 10.2 Å². The van der Waals surface area contributed by atoms with Crippen LogP contribution in [-0.4, -0.2) is 42.6 Å². The van der Waals surface area contributed by atoms with Gasteiger partial charge in [-0.2, -0.15) is 0 Å². The van der Waals surface area contributed by atoms with Crippen LogP contribution in [0.15, 0.2) is 0 Å². The van der Waals surface area contributed by atoms with Crippen LogP contribution in [0.2, 0.25) is 0 Å². The fraction of sp³-hybridized carbons (Fsp3) is 0.818. The van der Waals surface area contributed by atoms with Crippen molar-refractivity contribution < 1.29 is 14.3 Å². The lowest BCUT2D eigenvalue weighted by Crippen LogP contribution is -2.62. The minimum absolute atomic E-state index is 0.0297. The summed E-state index contributed by atoms with van der Waals surface area (Å²) in [5.41, 5.74) is -0.380. The smallest absolute Gasteiger partial charge is 0.324 e. The molecule has 5 heteroatoms. The molecule has 0 aromatic carbocycles. The van der Waals surface area contributed by atoms with Crippen LogP contribution in [0.1, 0.15) is 25.7 Å². The number of urea groups is 1. The maximum atomic E-state index is 12.4. The van der Waals surface area contributed by atoms with Gasteiger partial charge in [0.1, 0.15) is 0 Å². The van der Waals surface area contributed by atoms with Crippen LogP contribution in [0.25, 0.3) is 0 Å². The van der Waals surface area contributed by atoms with Gasteiger partial charge in [0.2, 0.25) is 5.91 Å². The van der Waals surface area contributed by atoms with Crippen LogP contribution in [0.4, 0.5) is 4.79 Å². The Bertz CT molecular complexity index is 332. The third-order valence-corrected chi connectivity index (χ3v) is 3.83. The Kier molecular flexibility index (Phi) is 2.17. The van der Waals surface area contributed by atoms with Gasteiger partial charge >= 0.3 is 6.03 Å². The Morgan fingerprint density at radius 1 is 1.25 bits per heavy atom. The number of amides is 3. The standard InChI is InChI=1S/C11H16N2O3/c14-9-11(3-5-16-6-4-11)7-12-10(15)13(9)8-1-2-8/h8H,1-7H2,(H,12,15). The fourth-order valence-corrected chi connectivity index (χ4v) is 2.57. The quantitative estimate of drug-likeness (QED) is 0.705. The first-order valence-electron chi connectivity index (χ1n) is 5.92. The van der Waals surface area contributed by atoms with E-state index in [9.17, 15) is 9.59 Å². The van der Waals surface area contributed by atoms with Gasteiger partial charge in [-0.15, -0.1) is 0 Å².